The Hall–Kier alpha value is 0.0700. The van der Waals surface area contributed by atoms with E-state index in [1.807, 2.05) is 12.1 Å². The average Bonchev–Trinajstić information content (AvgIpc) is 2.63. The Labute approximate surface area is 115 Å². The van der Waals surface area contributed by atoms with Crippen LogP contribution in [0.1, 0.15) is 37.5 Å². The number of rotatable bonds is 4. The van der Waals surface area contributed by atoms with E-state index in [2.05, 4.69) is 21.2 Å². The minimum absolute atomic E-state index is 0.363. The van der Waals surface area contributed by atoms with E-state index in [9.17, 15) is 4.39 Å². The molecule has 17 heavy (non-hydrogen) atoms. The minimum atomic E-state index is -1.10. The summed E-state index contributed by atoms with van der Waals surface area (Å²) in [7, 11) is 0. The second kappa shape index (κ2) is 5.81. The van der Waals surface area contributed by atoms with Crippen LogP contribution in [0, 0.1) is 0 Å². The zero-order chi connectivity index (χ0) is 12.3. The molecule has 0 aromatic carbocycles. The van der Waals surface area contributed by atoms with Gasteiger partial charge >= 0.3 is 0 Å². The number of hydrogen-bond donors (Lipinski definition) is 1. The van der Waals surface area contributed by atoms with Crippen molar-refractivity contribution in [2.75, 3.05) is 6.54 Å². The molecule has 0 saturated carbocycles. The van der Waals surface area contributed by atoms with E-state index < -0.39 is 5.67 Å². The molecule has 1 N–H and O–H groups in total. The molecule has 1 aliphatic rings. The summed E-state index contributed by atoms with van der Waals surface area (Å²) < 4.78 is 15.6. The van der Waals surface area contributed by atoms with Crippen LogP contribution in [0.2, 0.25) is 0 Å². The van der Waals surface area contributed by atoms with Gasteiger partial charge in [-0.05, 0) is 60.8 Å². The largest absolute Gasteiger partial charge is 0.314 e. The Morgan fingerprint density at radius 2 is 2.35 bits per heavy atom. The van der Waals surface area contributed by atoms with Crippen molar-refractivity contribution < 1.29 is 4.39 Å². The van der Waals surface area contributed by atoms with Gasteiger partial charge in [0, 0.05) is 17.3 Å². The maximum absolute atomic E-state index is 14.5. The molecule has 1 aromatic rings. The number of alkyl halides is 1. The van der Waals surface area contributed by atoms with E-state index in [-0.39, 0.29) is 0 Å². The van der Waals surface area contributed by atoms with Gasteiger partial charge in [0.15, 0.2) is 0 Å². The zero-order valence-electron chi connectivity index (χ0n) is 10.1. The highest BCUT2D eigenvalue weighted by Crippen LogP contribution is 2.30. The van der Waals surface area contributed by atoms with Gasteiger partial charge in [0.2, 0.25) is 0 Å². The second-order valence-corrected chi connectivity index (χ2v) is 7.69. The molecule has 1 aliphatic heterocycles. The van der Waals surface area contributed by atoms with Crippen LogP contribution in [0.25, 0.3) is 0 Å². The van der Waals surface area contributed by atoms with Crippen LogP contribution in [0.4, 0.5) is 4.39 Å². The van der Waals surface area contributed by atoms with Crippen LogP contribution in [-0.4, -0.2) is 18.3 Å². The summed E-state index contributed by atoms with van der Waals surface area (Å²) >= 11 is 5.05. The van der Waals surface area contributed by atoms with Gasteiger partial charge in [0.1, 0.15) is 5.67 Å². The molecule has 1 saturated heterocycles. The molecule has 0 bridgehead atoms. The molecule has 2 unspecified atom stereocenters. The summed E-state index contributed by atoms with van der Waals surface area (Å²) in [4.78, 5) is 1.12. The van der Waals surface area contributed by atoms with Gasteiger partial charge in [0.25, 0.3) is 0 Å². The van der Waals surface area contributed by atoms with Crippen LogP contribution >= 0.6 is 27.3 Å². The smallest absolute Gasteiger partial charge is 0.114 e. The first-order valence-corrected chi connectivity index (χ1v) is 7.83. The lowest BCUT2D eigenvalue weighted by Gasteiger charge is -2.29. The molecule has 1 nitrogen and oxygen atoms in total. The molecule has 1 fully saturated rings. The Bertz CT molecular complexity index is 358. The highest BCUT2D eigenvalue weighted by Gasteiger charge is 2.29. The predicted molar refractivity (Wildman–Crippen MR) is 75.5 cm³/mol. The molecular formula is C13H19BrFNS. The summed E-state index contributed by atoms with van der Waals surface area (Å²) in [6, 6.07) is 4.37. The first-order valence-electron chi connectivity index (χ1n) is 6.22. The molecule has 0 aliphatic carbocycles. The minimum Gasteiger partial charge on any atom is -0.314 e. The quantitative estimate of drug-likeness (QED) is 0.871. The van der Waals surface area contributed by atoms with Gasteiger partial charge in [-0.1, -0.05) is 6.42 Å². The number of thiophene rings is 1. The number of halogens is 2. The van der Waals surface area contributed by atoms with Crippen molar-refractivity contribution in [1.82, 2.24) is 5.32 Å². The van der Waals surface area contributed by atoms with Crippen molar-refractivity contribution in [3.63, 3.8) is 0 Å². The van der Waals surface area contributed by atoms with E-state index in [4.69, 9.17) is 0 Å². The Balaban J connectivity index is 1.88. The Kier molecular flexibility index (Phi) is 4.61. The lowest BCUT2D eigenvalue weighted by atomic mass is 9.90. The second-order valence-electron chi connectivity index (χ2n) is 5.15. The lowest BCUT2D eigenvalue weighted by molar-refractivity contribution is 0.147. The van der Waals surface area contributed by atoms with Crippen molar-refractivity contribution in [3.8, 4) is 0 Å². The summed E-state index contributed by atoms with van der Waals surface area (Å²) in [6.45, 7) is 2.78. The summed E-state index contributed by atoms with van der Waals surface area (Å²) in [6.07, 6.45) is 4.74. The molecule has 2 heterocycles. The van der Waals surface area contributed by atoms with Crippen molar-refractivity contribution in [2.45, 2.75) is 50.7 Å². The summed E-state index contributed by atoms with van der Waals surface area (Å²) in [5.41, 5.74) is -1.10. The lowest BCUT2D eigenvalue weighted by Crippen LogP contribution is -2.39. The molecule has 1 aromatic heterocycles. The van der Waals surface area contributed by atoms with Gasteiger partial charge < -0.3 is 5.32 Å². The fraction of sp³-hybridized carbons (Fsp3) is 0.692. The van der Waals surface area contributed by atoms with Crippen molar-refractivity contribution in [3.05, 3.63) is 20.8 Å². The van der Waals surface area contributed by atoms with Crippen molar-refractivity contribution in [1.29, 1.82) is 0 Å². The predicted octanol–water partition coefficient (Wildman–Crippen LogP) is 4.31. The van der Waals surface area contributed by atoms with Crippen LogP contribution in [0.5, 0.6) is 0 Å². The van der Waals surface area contributed by atoms with Gasteiger partial charge in [-0.3, -0.25) is 0 Å². The number of piperidine rings is 1. The van der Waals surface area contributed by atoms with E-state index in [1.165, 1.54) is 12.8 Å². The highest BCUT2D eigenvalue weighted by molar-refractivity contribution is 9.11. The van der Waals surface area contributed by atoms with Crippen LogP contribution in [-0.2, 0) is 6.42 Å². The standard InChI is InChI=1S/C13H19BrFNS/c1-13(15,8-10-4-2-3-7-16-10)9-11-5-6-12(14)17-11/h5-6,10,16H,2-4,7-9H2,1H3. The van der Waals surface area contributed by atoms with Gasteiger partial charge in [0.05, 0.1) is 3.79 Å². The summed E-state index contributed by atoms with van der Waals surface area (Å²) in [5, 5.41) is 3.42. The number of hydrogen-bond acceptors (Lipinski definition) is 2. The number of nitrogens with one attached hydrogen (secondary N) is 1. The fourth-order valence-corrected chi connectivity index (χ4v) is 4.15. The third kappa shape index (κ3) is 4.34. The Morgan fingerprint density at radius 1 is 1.53 bits per heavy atom. The molecular weight excluding hydrogens is 301 g/mol. The van der Waals surface area contributed by atoms with E-state index >= 15 is 0 Å². The SMILES string of the molecule is CC(F)(Cc1ccc(Br)s1)CC1CCCCN1. The molecule has 0 spiro atoms. The zero-order valence-corrected chi connectivity index (χ0v) is 12.5. The van der Waals surface area contributed by atoms with Gasteiger partial charge in [-0.15, -0.1) is 11.3 Å². The maximum atomic E-state index is 14.5. The third-order valence-electron chi connectivity index (χ3n) is 3.26. The van der Waals surface area contributed by atoms with Crippen molar-refractivity contribution in [2.24, 2.45) is 0 Å². The molecule has 0 radical (unpaired) electrons. The van der Waals surface area contributed by atoms with E-state index in [0.29, 0.717) is 18.9 Å². The summed E-state index contributed by atoms with van der Waals surface area (Å²) in [5.74, 6) is 0. The monoisotopic (exact) mass is 319 g/mol. The molecule has 96 valence electrons. The Morgan fingerprint density at radius 3 is 2.94 bits per heavy atom. The van der Waals surface area contributed by atoms with Crippen molar-refractivity contribution >= 4 is 27.3 Å². The molecule has 2 rings (SSSR count). The van der Waals surface area contributed by atoms with Crippen LogP contribution in [0.15, 0.2) is 15.9 Å². The van der Waals surface area contributed by atoms with Crippen LogP contribution in [0.3, 0.4) is 0 Å². The third-order valence-corrected chi connectivity index (χ3v) is 4.88. The normalized spacial score (nSPS) is 24.5. The fourth-order valence-electron chi connectivity index (χ4n) is 2.49. The first kappa shape index (κ1) is 13.5. The molecule has 0 amide bonds. The van der Waals surface area contributed by atoms with E-state index in [1.54, 1.807) is 18.3 Å². The molecule has 4 heteroatoms. The first-order chi connectivity index (χ1) is 8.05. The highest BCUT2D eigenvalue weighted by atomic mass is 79.9. The van der Waals surface area contributed by atoms with Gasteiger partial charge in [-0.2, -0.15) is 0 Å². The van der Waals surface area contributed by atoms with Crippen LogP contribution < -0.4 is 5.32 Å². The molecule has 2 atom stereocenters. The maximum Gasteiger partial charge on any atom is 0.114 e. The van der Waals surface area contributed by atoms with Gasteiger partial charge in [-0.25, -0.2) is 4.39 Å². The topological polar surface area (TPSA) is 12.0 Å². The average molecular weight is 320 g/mol. The van der Waals surface area contributed by atoms with E-state index in [0.717, 1.165) is 21.6 Å².